The van der Waals surface area contributed by atoms with Gasteiger partial charge in [0, 0.05) is 36.8 Å². The molecule has 0 radical (unpaired) electrons. The highest BCUT2D eigenvalue weighted by atomic mass is 35.5. The molecule has 3 heterocycles. The maximum atomic E-state index is 6.69. The van der Waals surface area contributed by atoms with Crippen LogP contribution in [-0.2, 0) is 7.05 Å². The van der Waals surface area contributed by atoms with Crippen LogP contribution in [0, 0.1) is 5.41 Å². The normalized spacial score (nSPS) is 18.3. The molecule has 1 saturated heterocycles. The van der Waals surface area contributed by atoms with Crippen molar-refractivity contribution >= 4 is 29.2 Å². The van der Waals surface area contributed by atoms with Crippen molar-refractivity contribution in [1.82, 2.24) is 19.7 Å². The zero-order valence-electron chi connectivity index (χ0n) is 17.2. The minimum absolute atomic E-state index is 0.620. The fourth-order valence-electron chi connectivity index (χ4n) is 4.82. The monoisotopic (exact) mass is 439 g/mol. The van der Waals surface area contributed by atoms with Crippen LogP contribution in [0.4, 0.5) is 5.82 Å². The first-order chi connectivity index (χ1) is 14.6. The first-order valence-corrected chi connectivity index (χ1v) is 11.8. The van der Waals surface area contributed by atoms with Gasteiger partial charge in [0.25, 0.3) is 0 Å². The Balaban J connectivity index is 1.28. The van der Waals surface area contributed by atoms with Gasteiger partial charge >= 0.3 is 0 Å². The minimum atomic E-state index is 0.620. The smallest absolute Gasteiger partial charge is 0.147 e. The molecule has 1 saturated carbocycles. The van der Waals surface area contributed by atoms with E-state index in [1.807, 2.05) is 49.9 Å². The third-order valence-corrected chi connectivity index (χ3v) is 8.09. The SMILES string of the molecule is Cn1ccc(-c2cccc(Sc3cnc(N4CCC5(CCCC5)CC4)cn3)c2Cl)n1. The largest absolute Gasteiger partial charge is 0.355 e. The molecule has 30 heavy (non-hydrogen) atoms. The Bertz CT molecular complexity index is 1020. The number of rotatable bonds is 4. The minimum Gasteiger partial charge on any atom is -0.355 e. The molecule has 1 aliphatic carbocycles. The van der Waals surface area contributed by atoms with Crippen LogP contribution in [0.3, 0.4) is 0 Å². The van der Waals surface area contributed by atoms with E-state index >= 15 is 0 Å². The van der Waals surface area contributed by atoms with E-state index in [2.05, 4.69) is 15.0 Å². The molecule has 1 aliphatic heterocycles. The van der Waals surface area contributed by atoms with Gasteiger partial charge in [-0.3, -0.25) is 4.68 Å². The molecule has 156 valence electrons. The van der Waals surface area contributed by atoms with Crippen molar-refractivity contribution in [3.8, 4) is 11.3 Å². The highest BCUT2D eigenvalue weighted by Crippen LogP contribution is 2.46. The maximum absolute atomic E-state index is 6.69. The van der Waals surface area contributed by atoms with Crippen LogP contribution in [0.1, 0.15) is 38.5 Å². The Labute approximate surface area is 186 Å². The van der Waals surface area contributed by atoms with Crippen LogP contribution in [0.2, 0.25) is 5.02 Å². The van der Waals surface area contributed by atoms with Crippen LogP contribution in [0.15, 0.2) is 52.8 Å². The third kappa shape index (κ3) is 3.95. The second kappa shape index (κ2) is 8.23. The molecule has 0 N–H and O–H groups in total. The first-order valence-electron chi connectivity index (χ1n) is 10.7. The summed E-state index contributed by atoms with van der Waals surface area (Å²) in [5, 5.41) is 6.02. The lowest BCUT2D eigenvalue weighted by Crippen LogP contribution is -2.39. The lowest BCUT2D eigenvalue weighted by atomic mass is 9.77. The van der Waals surface area contributed by atoms with Crippen molar-refractivity contribution in [3.63, 3.8) is 0 Å². The van der Waals surface area contributed by atoms with Crippen molar-refractivity contribution in [1.29, 1.82) is 0 Å². The summed E-state index contributed by atoms with van der Waals surface area (Å²) >= 11 is 8.23. The molecule has 1 spiro atoms. The van der Waals surface area contributed by atoms with Crippen LogP contribution in [-0.4, -0.2) is 32.8 Å². The number of halogens is 1. The number of hydrogen-bond acceptors (Lipinski definition) is 5. The Morgan fingerprint density at radius 1 is 1.00 bits per heavy atom. The Morgan fingerprint density at radius 3 is 2.47 bits per heavy atom. The zero-order chi connectivity index (χ0) is 20.6. The Morgan fingerprint density at radius 2 is 1.80 bits per heavy atom. The van der Waals surface area contributed by atoms with Gasteiger partial charge in [-0.05, 0) is 43.2 Å². The van der Waals surface area contributed by atoms with Gasteiger partial charge in [0.15, 0.2) is 0 Å². The van der Waals surface area contributed by atoms with Crippen molar-refractivity contribution in [2.24, 2.45) is 12.5 Å². The number of anilines is 1. The summed E-state index contributed by atoms with van der Waals surface area (Å²) in [6, 6.07) is 7.99. The summed E-state index contributed by atoms with van der Waals surface area (Å²) in [4.78, 5) is 12.7. The van der Waals surface area contributed by atoms with E-state index in [0.717, 1.165) is 40.1 Å². The molecule has 0 atom stereocenters. The van der Waals surface area contributed by atoms with Gasteiger partial charge in [0.05, 0.1) is 23.1 Å². The van der Waals surface area contributed by atoms with Crippen LogP contribution in [0.25, 0.3) is 11.3 Å². The Hall–Kier alpha value is -2.05. The average Bonchev–Trinajstić information content (AvgIpc) is 3.40. The predicted octanol–water partition coefficient (Wildman–Crippen LogP) is 5.84. The van der Waals surface area contributed by atoms with Crippen LogP contribution in [0.5, 0.6) is 0 Å². The van der Waals surface area contributed by atoms with E-state index in [4.69, 9.17) is 16.6 Å². The lowest BCUT2D eigenvalue weighted by molar-refractivity contribution is 0.226. The summed E-state index contributed by atoms with van der Waals surface area (Å²) in [6.45, 7) is 2.19. The summed E-state index contributed by atoms with van der Waals surface area (Å²) in [5.74, 6) is 0.987. The van der Waals surface area contributed by atoms with Gasteiger partial charge in [-0.2, -0.15) is 5.10 Å². The molecule has 0 unspecified atom stereocenters. The summed E-state index contributed by atoms with van der Waals surface area (Å²) in [5.41, 5.74) is 2.42. The highest BCUT2D eigenvalue weighted by molar-refractivity contribution is 7.99. The molecular weight excluding hydrogens is 414 g/mol. The molecule has 2 aromatic heterocycles. The molecule has 5 rings (SSSR count). The quantitative estimate of drug-likeness (QED) is 0.510. The summed E-state index contributed by atoms with van der Waals surface area (Å²) in [6.07, 6.45) is 13.9. The number of nitrogens with zero attached hydrogens (tertiary/aromatic N) is 5. The van der Waals surface area contributed by atoms with E-state index in [1.54, 1.807) is 16.4 Å². The summed E-state index contributed by atoms with van der Waals surface area (Å²) < 4.78 is 1.78. The zero-order valence-corrected chi connectivity index (χ0v) is 18.8. The number of benzene rings is 1. The van der Waals surface area contributed by atoms with E-state index < -0.39 is 0 Å². The molecule has 0 amide bonds. The second-order valence-electron chi connectivity index (χ2n) is 8.50. The fourth-order valence-corrected chi connectivity index (χ4v) is 5.94. The van der Waals surface area contributed by atoms with E-state index in [0.29, 0.717) is 10.4 Å². The number of hydrogen-bond donors (Lipinski definition) is 0. The molecule has 5 nitrogen and oxygen atoms in total. The topological polar surface area (TPSA) is 46.8 Å². The number of aryl methyl sites for hydroxylation is 1. The van der Waals surface area contributed by atoms with Gasteiger partial charge in [0.1, 0.15) is 10.8 Å². The van der Waals surface area contributed by atoms with E-state index in [1.165, 1.54) is 38.5 Å². The molecule has 3 aromatic rings. The average molecular weight is 440 g/mol. The molecule has 2 fully saturated rings. The van der Waals surface area contributed by atoms with Crippen molar-refractivity contribution in [2.75, 3.05) is 18.0 Å². The maximum Gasteiger partial charge on any atom is 0.147 e. The van der Waals surface area contributed by atoms with Crippen LogP contribution >= 0.6 is 23.4 Å². The van der Waals surface area contributed by atoms with E-state index in [-0.39, 0.29) is 0 Å². The van der Waals surface area contributed by atoms with Gasteiger partial charge in [-0.1, -0.05) is 48.3 Å². The number of aromatic nitrogens is 4. The standard InChI is InChI=1S/C23H26ClN5S/c1-28-12-7-18(27-28)17-5-4-6-19(22(17)24)30-21-16-25-20(15-26-21)29-13-10-23(11-14-29)8-2-3-9-23/h4-7,12,15-16H,2-3,8-11,13-14H2,1H3. The van der Waals surface area contributed by atoms with Crippen molar-refractivity contribution in [3.05, 3.63) is 47.9 Å². The molecule has 1 aromatic carbocycles. The predicted molar refractivity (Wildman–Crippen MR) is 122 cm³/mol. The Kier molecular flexibility index (Phi) is 5.46. The van der Waals surface area contributed by atoms with Gasteiger partial charge in [-0.15, -0.1) is 0 Å². The molecular formula is C23H26ClN5S. The second-order valence-corrected chi connectivity index (χ2v) is 9.94. The fraction of sp³-hybridized carbons (Fsp3) is 0.435. The molecule has 0 bridgehead atoms. The van der Waals surface area contributed by atoms with Crippen LogP contribution < -0.4 is 4.90 Å². The third-order valence-electron chi connectivity index (χ3n) is 6.59. The van der Waals surface area contributed by atoms with Crippen molar-refractivity contribution < 1.29 is 0 Å². The first kappa shape index (κ1) is 19.9. The van der Waals surface area contributed by atoms with Crippen molar-refractivity contribution in [2.45, 2.75) is 48.4 Å². The van der Waals surface area contributed by atoms with Gasteiger partial charge in [0.2, 0.25) is 0 Å². The van der Waals surface area contributed by atoms with Gasteiger partial charge in [-0.25, -0.2) is 9.97 Å². The summed E-state index contributed by atoms with van der Waals surface area (Å²) in [7, 11) is 1.91. The number of piperidine rings is 1. The molecule has 2 aliphatic rings. The highest BCUT2D eigenvalue weighted by Gasteiger charge is 2.37. The van der Waals surface area contributed by atoms with Gasteiger partial charge < -0.3 is 4.90 Å². The lowest BCUT2D eigenvalue weighted by Gasteiger charge is -2.39. The molecule has 7 heteroatoms. The van der Waals surface area contributed by atoms with E-state index in [9.17, 15) is 0 Å².